The van der Waals surface area contributed by atoms with Gasteiger partial charge in [0.05, 0.1) is 6.10 Å². The molecule has 29 heavy (non-hydrogen) atoms. The van der Waals surface area contributed by atoms with Crippen LogP contribution in [0.15, 0.2) is 0 Å². The Morgan fingerprint density at radius 3 is 0.828 bits per heavy atom. The van der Waals surface area contributed by atoms with Gasteiger partial charge in [-0.3, -0.25) is 0 Å². The second kappa shape index (κ2) is 26.0. The Balaban J connectivity index is 3.06. The number of aliphatic hydroxyl groups excluding tert-OH is 1. The van der Waals surface area contributed by atoms with Crippen molar-refractivity contribution in [2.75, 3.05) is 0 Å². The monoisotopic (exact) mass is 410 g/mol. The smallest absolute Gasteiger partial charge is 0.0540 e. The van der Waals surface area contributed by atoms with Gasteiger partial charge in [0.2, 0.25) is 0 Å². The van der Waals surface area contributed by atoms with E-state index < -0.39 is 0 Å². The summed E-state index contributed by atoms with van der Waals surface area (Å²) in [6.45, 7) is 4.54. The van der Waals surface area contributed by atoms with Gasteiger partial charge in [0.25, 0.3) is 0 Å². The van der Waals surface area contributed by atoms with E-state index >= 15 is 0 Å². The normalized spacial score (nSPS) is 12.5. The van der Waals surface area contributed by atoms with Crippen molar-refractivity contribution < 1.29 is 5.11 Å². The summed E-state index contributed by atoms with van der Waals surface area (Å²) in [5, 5.41) is 9.99. The van der Waals surface area contributed by atoms with Crippen LogP contribution in [0.25, 0.3) is 0 Å². The van der Waals surface area contributed by atoms with Gasteiger partial charge >= 0.3 is 0 Å². The molecule has 1 atom stereocenters. The lowest BCUT2D eigenvalue weighted by Crippen LogP contribution is -2.05. The molecule has 0 saturated heterocycles. The van der Waals surface area contributed by atoms with Crippen LogP contribution < -0.4 is 0 Å². The Kier molecular flexibility index (Phi) is 26.0. The fraction of sp³-hybridized carbons (Fsp3) is 1.00. The molecular formula is C28H58O. The molecule has 0 aliphatic heterocycles. The second-order valence-corrected chi connectivity index (χ2v) is 9.66. The number of unbranched alkanes of at least 4 members (excludes halogenated alkanes) is 21. The van der Waals surface area contributed by atoms with E-state index in [-0.39, 0.29) is 6.10 Å². The maximum Gasteiger partial charge on any atom is 0.0540 e. The molecule has 0 bridgehead atoms. The van der Waals surface area contributed by atoms with Gasteiger partial charge in [0.15, 0.2) is 0 Å². The number of hydrogen-bond donors (Lipinski definition) is 1. The second-order valence-electron chi connectivity index (χ2n) is 9.66. The maximum atomic E-state index is 9.99. The van der Waals surface area contributed by atoms with Crippen molar-refractivity contribution in [3.05, 3.63) is 0 Å². The van der Waals surface area contributed by atoms with Crippen LogP contribution in [0.4, 0.5) is 0 Å². The van der Waals surface area contributed by atoms with E-state index in [9.17, 15) is 5.11 Å². The molecule has 176 valence electrons. The first-order chi connectivity index (χ1) is 14.3. The molecule has 0 aliphatic carbocycles. The molecule has 0 spiro atoms. The van der Waals surface area contributed by atoms with E-state index in [1.807, 2.05) is 0 Å². The zero-order valence-electron chi connectivity index (χ0n) is 20.7. The van der Waals surface area contributed by atoms with E-state index in [0.29, 0.717) is 0 Å². The Morgan fingerprint density at radius 2 is 0.552 bits per heavy atom. The van der Waals surface area contributed by atoms with Crippen LogP contribution in [0.3, 0.4) is 0 Å². The maximum absolute atomic E-state index is 9.99. The van der Waals surface area contributed by atoms with Gasteiger partial charge in [0, 0.05) is 0 Å². The zero-order chi connectivity index (χ0) is 21.3. The van der Waals surface area contributed by atoms with Crippen LogP contribution in [-0.2, 0) is 0 Å². The third-order valence-electron chi connectivity index (χ3n) is 6.53. The van der Waals surface area contributed by atoms with Gasteiger partial charge in [0.1, 0.15) is 0 Å². The molecule has 0 aromatic rings. The van der Waals surface area contributed by atoms with E-state index in [0.717, 1.165) is 12.8 Å². The van der Waals surface area contributed by atoms with Gasteiger partial charge < -0.3 is 5.11 Å². The Labute approximate surface area is 185 Å². The molecular weight excluding hydrogens is 352 g/mol. The van der Waals surface area contributed by atoms with E-state index in [1.165, 1.54) is 148 Å². The lowest BCUT2D eigenvalue weighted by Gasteiger charge is -2.10. The van der Waals surface area contributed by atoms with Crippen molar-refractivity contribution in [3.63, 3.8) is 0 Å². The summed E-state index contributed by atoms with van der Waals surface area (Å²) in [5.41, 5.74) is 0. The molecule has 1 heteroatoms. The van der Waals surface area contributed by atoms with Crippen LogP contribution >= 0.6 is 0 Å². The largest absolute Gasteiger partial charge is 0.393 e. The number of aliphatic hydroxyl groups is 1. The van der Waals surface area contributed by atoms with E-state index in [4.69, 9.17) is 0 Å². The molecule has 0 amide bonds. The first-order valence-electron chi connectivity index (χ1n) is 14.0. The molecule has 0 saturated carbocycles. The van der Waals surface area contributed by atoms with Crippen molar-refractivity contribution in [2.24, 2.45) is 0 Å². The highest BCUT2D eigenvalue weighted by Crippen LogP contribution is 2.16. The molecule has 0 heterocycles. The first kappa shape index (κ1) is 29.0. The van der Waals surface area contributed by atoms with Crippen LogP contribution in [0, 0.1) is 0 Å². The molecule has 0 fully saturated rings. The quantitative estimate of drug-likeness (QED) is 0.148. The van der Waals surface area contributed by atoms with Gasteiger partial charge in [-0.25, -0.2) is 0 Å². The predicted molar refractivity (Wildman–Crippen MR) is 133 cm³/mol. The highest BCUT2D eigenvalue weighted by Gasteiger charge is 2.03. The summed E-state index contributed by atoms with van der Waals surface area (Å²) in [4.78, 5) is 0. The summed E-state index contributed by atoms with van der Waals surface area (Å²) in [6, 6.07) is 0. The molecule has 0 radical (unpaired) electrons. The Hall–Kier alpha value is -0.0400. The topological polar surface area (TPSA) is 20.2 Å². The standard InChI is InChI=1S/C28H58O/c1-3-5-7-9-10-11-12-13-14-15-16-17-18-19-20-21-22-23-25-27-28(29)26-24-8-6-4-2/h28-29H,3-27H2,1-2H3. The fourth-order valence-electron chi connectivity index (χ4n) is 4.41. The predicted octanol–water partition coefficient (Wildman–Crippen LogP) is 10.1. The van der Waals surface area contributed by atoms with Crippen LogP contribution in [0.2, 0.25) is 0 Å². The first-order valence-corrected chi connectivity index (χ1v) is 14.0. The molecule has 0 rings (SSSR count). The van der Waals surface area contributed by atoms with E-state index in [1.54, 1.807) is 0 Å². The van der Waals surface area contributed by atoms with Gasteiger partial charge in [-0.1, -0.05) is 162 Å². The molecule has 0 aromatic carbocycles. The van der Waals surface area contributed by atoms with Crippen molar-refractivity contribution in [1.82, 2.24) is 0 Å². The highest BCUT2D eigenvalue weighted by atomic mass is 16.3. The summed E-state index contributed by atoms with van der Waals surface area (Å²) < 4.78 is 0. The molecule has 1 N–H and O–H groups in total. The van der Waals surface area contributed by atoms with Crippen LogP contribution in [0.5, 0.6) is 0 Å². The summed E-state index contributed by atoms with van der Waals surface area (Å²) >= 11 is 0. The highest BCUT2D eigenvalue weighted by molar-refractivity contribution is 4.57. The lowest BCUT2D eigenvalue weighted by atomic mass is 10.0. The average Bonchev–Trinajstić information content (AvgIpc) is 2.73. The molecule has 1 unspecified atom stereocenters. The third-order valence-corrected chi connectivity index (χ3v) is 6.53. The Morgan fingerprint density at radius 1 is 0.345 bits per heavy atom. The van der Waals surface area contributed by atoms with Crippen LogP contribution in [0.1, 0.15) is 174 Å². The summed E-state index contributed by atoms with van der Waals surface area (Å²) in [7, 11) is 0. The summed E-state index contributed by atoms with van der Waals surface area (Å²) in [6.07, 6.45) is 34.3. The van der Waals surface area contributed by atoms with Crippen molar-refractivity contribution in [2.45, 2.75) is 180 Å². The SMILES string of the molecule is CCCCCCCCCCCCCCCCCCCCCC(O)CCCCCC. The minimum Gasteiger partial charge on any atom is -0.393 e. The van der Waals surface area contributed by atoms with Gasteiger partial charge in [-0.2, -0.15) is 0 Å². The van der Waals surface area contributed by atoms with E-state index in [2.05, 4.69) is 13.8 Å². The lowest BCUT2D eigenvalue weighted by molar-refractivity contribution is 0.147. The number of rotatable bonds is 25. The van der Waals surface area contributed by atoms with Gasteiger partial charge in [-0.15, -0.1) is 0 Å². The zero-order valence-corrected chi connectivity index (χ0v) is 20.7. The third kappa shape index (κ3) is 25.9. The van der Waals surface area contributed by atoms with Crippen molar-refractivity contribution in [3.8, 4) is 0 Å². The molecule has 0 aromatic heterocycles. The van der Waals surface area contributed by atoms with Crippen molar-refractivity contribution >= 4 is 0 Å². The van der Waals surface area contributed by atoms with Crippen LogP contribution in [-0.4, -0.2) is 11.2 Å². The van der Waals surface area contributed by atoms with Gasteiger partial charge in [-0.05, 0) is 12.8 Å². The molecule has 1 nitrogen and oxygen atoms in total. The average molecular weight is 411 g/mol. The molecule has 0 aliphatic rings. The Bertz CT molecular complexity index is 275. The minimum absolute atomic E-state index is 0.0300. The number of hydrogen-bond acceptors (Lipinski definition) is 1. The summed E-state index contributed by atoms with van der Waals surface area (Å²) in [5.74, 6) is 0. The minimum atomic E-state index is -0.0300. The van der Waals surface area contributed by atoms with Crippen molar-refractivity contribution in [1.29, 1.82) is 0 Å². The fourth-order valence-corrected chi connectivity index (χ4v) is 4.41.